The number of fused-ring (bicyclic) bond motifs is 2. The SMILES string of the molecule is CCn1cc(S(=O)(=O)N2CC[C@H]3Cc4c(cnn4-c4ccc(F)cc4)C[C@]3(C(=O)c3cc(C(F)(F)F)ccn3)C2)cn1. The molecular weight excluding hydrogens is 576 g/mol. The molecule has 0 N–H and O–H groups in total. The Morgan fingerprint density at radius 2 is 1.88 bits per heavy atom. The number of rotatable bonds is 6. The lowest BCUT2D eigenvalue weighted by Gasteiger charge is -2.49. The van der Waals surface area contributed by atoms with Gasteiger partial charge in [0.25, 0.3) is 0 Å². The maximum atomic E-state index is 14.3. The Balaban J connectivity index is 1.44. The van der Waals surface area contributed by atoms with E-state index in [1.165, 1.54) is 33.5 Å². The highest BCUT2D eigenvalue weighted by Crippen LogP contribution is 2.48. The van der Waals surface area contributed by atoms with Gasteiger partial charge in [-0.3, -0.25) is 14.5 Å². The summed E-state index contributed by atoms with van der Waals surface area (Å²) in [5.74, 6) is -1.48. The molecule has 14 heteroatoms. The number of hydrogen-bond acceptors (Lipinski definition) is 6. The van der Waals surface area contributed by atoms with E-state index in [9.17, 15) is 30.8 Å². The summed E-state index contributed by atoms with van der Waals surface area (Å²) >= 11 is 0. The summed E-state index contributed by atoms with van der Waals surface area (Å²) in [7, 11) is -4.07. The standard InChI is InChI=1S/C28H26F4N6O3S/c1-2-36-16-23(15-34-36)42(40,41)37-10-8-19-12-25-18(14-35-38(25)22-5-3-21(29)4-6-22)13-27(19,17-37)26(39)24-11-20(7-9-33-24)28(30,31)32/h3-7,9,11,14-16,19H,2,8,10,12-13,17H2,1H3/t19-,27-/m0/s1. The molecule has 3 aromatic heterocycles. The lowest BCUT2D eigenvalue weighted by atomic mass is 9.60. The van der Waals surface area contributed by atoms with Gasteiger partial charge >= 0.3 is 6.18 Å². The average Bonchev–Trinajstić information content (AvgIpc) is 3.63. The lowest BCUT2D eigenvalue weighted by molar-refractivity contribution is -0.137. The molecule has 1 aromatic carbocycles. The number of ketones is 1. The number of sulfonamides is 1. The van der Waals surface area contributed by atoms with Crippen molar-refractivity contribution in [2.24, 2.45) is 11.3 Å². The van der Waals surface area contributed by atoms with E-state index in [1.807, 2.05) is 6.92 Å². The Kier molecular flexibility index (Phi) is 6.80. The van der Waals surface area contributed by atoms with Gasteiger partial charge in [-0.2, -0.15) is 27.7 Å². The zero-order valence-corrected chi connectivity index (χ0v) is 23.2. The van der Waals surface area contributed by atoms with Gasteiger partial charge < -0.3 is 0 Å². The number of carbonyl (C=O) groups is 1. The summed E-state index contributed by atoms with van der Waals surface area (Å²) in [5.41, 5.74) is -0.720. The molecule has 0 saturated carbocycles. The summed E-state index contributed by atoms with van der Waals surface area (Å²) in [6, 6.07) is 7.29. The van der Waals surface area contributed by atoms with Crippen molar-refractivity contribution in [3.05, 3.63) is 89.5 Å². The Morgan fingerprint density at radius 3 is 2.57 bits per heavy atom. The molecule has 220 valence electrons. The second-order valence-electron chi connectivity index (χ2n) is 10.7. The summed E-state index contributed by atoms with van der Waals surface area (Å²) in [6.07, 6.45) is 1.13. The first-order chi connectivity index (χ1) is 19.9. The van der Waals surface area contributed by atoms with Crippen molar-refractivity contribution in [2.75, 3.05) is 13.1 Å². The molecule has 1 aliphatic carbocycles. The number of hydrogen-bond donors (Lipinski definition) is 0. The Bertz CT molecular complexity index is 1770. The number of carbonyl (C=O) groups excluding carboxylic acids is 1. The molecule has 4 aromatic rings. The number of alkyl halides is 3. The molecule has 42 heavy (non-hydrogen) atoms. The molecule has 0 spiro atoms. The van der Waals surface area contributed by atoms with Crippen molar-refractivity contribution < 1.29 is 30.8 Å². The van der Waals surface area contributed by atoms with Crippen LogP contribution in [0.4, 0.5) is 17.6 Å². The van der Waals surface area contributed by atoms with E-state index in [-0.39, 0.29) is 36.5 Å². The Morgan fingerprint density at radius 1 is 1.12 bits per heavy atom. The summed E-state index contributed by atoms with van der Waals surface area (Å²) in [4.78, 5) is 18.3. The number of benzene rings is 1. The van der Waals surface area contributed by atoms with Gasteiger partial charge in [0.1, 0.15) is 16.4 Å². The van der Waals surface area contributed by atoms with Crippen molar-refractivity contribution in [1.29, 1.82) is 0 Å². The van der Waals surface area contributed by atoms with E-state index < -0.39 is 44.7 Å². The minimum absolute atomic E-state index is 0.0248. The molecule has 1 fully saturated rings. The van der Waals surface area contributed by atoms with E-state index in [1.54, 1.807) is 23.0 Å². The molecule has 0 amide bonds. The van der Waals surface area contributed by atoms with Crippen molar-refractivity contribution >= 4 is 15.8 Å². The highest BCUT2D eigenvalue weighted by Gasteiger charge is 2.55. The number of nitrogens with zero attached hydrogens (tertiary/aromatic N) is 6. The Hall–Kier alpha value is -3.91. The highest BCUT2D eigenvalue weighted by molar-refractivity contribution is 7.89. The van der Waals surface area contributed by atoms with Gasteiger partial charge in [0.2, 0.25) is 10.0 Å². The molecule has 0 unspecified atom stereocenters. The van der Waals surface area contributed by atoms with Crippen LogP contribution in [0.5, 0.6) is 0 Å². The molecule has 2 aliphatic rings. The van der Waals surface area contributed by atoms with Gasteiger partial charge in [-0.25, -0.2) is 17.5 Å². The number of pyridine rings is 1. The highest BCUT2D eigenvalue weighted by atomic mass is 32.2. The predicted octanol–water partition coefficient (Wildman–Crippen LogP) is 4.32. The fourth-order valence-corrected chi connectivity index (χ4v) is 7.56. The van der Waals surface area contributed by atoms with Crippen LogP contribution in [0.3, 0.4) is 0 Å². The van der Waals surface area contributed by atoms with Crippen LogP contribution in [-0.2, 0) is 35.6 Å². The van der Waals surface area contributed by atoms with E-state index in [4.69, 9.17) is 0 Å². The monoisotopic (exact) mass is 602 g/mol. The normalized spacial score (nSPS) is 21.1. The maximum Gasteiger partial charge on any atom is 0.416 e. The van der Waals surface area contributed by atoms with Gasteiger partial charge in [-0.15, -0.1) is 0 Å². The molecule has 1 aliphatic heterocycles. The smallest absolute Gasteiger partial charge is 0.292 e. The van der Waals surface area contributed by atoms with E-state index >= 15 is 0 Å². The van der Waals surface area contributed by atoms with Crippen molar-refractivity contribution in [1.82, 2.24) is 28.9 Å². The van der Waals surface area contributed by atoms with Crippen molar-refractivity contribution in [3.63, 3.8) is 0 Å². The van der Waals surface area contributed by atoms with Crippen LogP contribution in [0.2, 0.25) is 0 Å². The third-order valence-corrected chi connectivity index (χ3v) is 10.1. The fraction of sp³-hybridized carbons (Fsp3) is 0.357. The van der Waals surface area contributed by atoms with Crippen LogP contribution in [0, 0.1) is 17.2 Å². The number of halogens is 4. The first kappa shape index (κ1) is 28.2. The summed E-state index contributed by atoms with van der Waals surface area (Å²) in [6.45, 7) is 2.14. The topological polar surface area (TPSA) is 103 Å². The van der Waals surface area contributed by atoms with E-state index in [2.05, 4.69) is 15.2 Å². The fourth-order valence-electron chi connectivity index (χ4n) is 6.08. The van der Waals surface area contributed by atoms with Gasteiger partial charge in [0.15, 0.2) is 5.78 Å². The van der Waals surface area contributed by atoms with Gasteiger partial charge in [0, 0.05) is 37.7 Å². The van der Waals surface area contributed by atoms with Crippen molar-refractivity contribution in [2.45, 2.75) is 43.8 Å². The third-order valence-electron chi connectivity index (χ3n) is 8.28. The van der Waals surface area contributed by atoms with E-state index in [0.717, 1.165) is 24.0 Å². The first-order valence-electron chi connectivity index (χ1n) is 13.3. The van der Waals surface area contributed by atoms with Crippen LogP contribution in [0.15, 0.2) is 66.1 Å². The second-order valence-corrected chi connectivity index (χ2v) is 12.6. The largest absolute Gasteiger partial charge is 0.416 e. The van der Waals surface area contributed by atoms with E-state index in [0.29, 0.717) is 24.2 Å². The van der Waals surface area contributed by atoms with Crippen LogP contribution in [0.25, 0.3) is 5.69 Å². The minimum Gasteiger partial charge on any atom is -0.292 e. The lowest BCUT2D eigenvalue weighted by Crippen LogP contribution is -2.57. The molecule has 9 nitrogen and oxygen atoms in total. The molecule has 0 radical (unpaired) electrons. The molecule has 2 atom stereocenters. The van der Waals surface area contributed by atoms with Crippen LogP contribution < -0.4 is 0 Å². The van der Waals surface area contributed by atoms with Crippen LogP contribution in [0.1, 0.15) is 40.7 Å². The Labute approximate surface area is 238 Å². The quantitative estimate of drug-likeness (QED) is 0.241. The summed E-state index contributed by atoms with van der Waals surface area (Å²) < 4.78 is 86.0. The minimum atomic E-state index is -4.69. The number of piperidine rings is 1. The molecule has 6 rings (SSSR count). The van der Waals surface area contributed by atoms with Crippen molar-refractivity contribution in [3.8, 4) is 5.69 Å². The zero-order chi connectivity index (χ0) is 29.9. The molecular formula is C28H26F4N6O3S. The summed E-state index contributed by atoms with van der Waals surface area (Å²) in [5, 5.41) is 8.54. The first-order valence-corrected chi connectivity index (χ1v) is 14.8. The van der Waals surface area contributed by atoms with Gasteiger partial charge in [-0.1, -0.05) is 0 Å². The zero-order valence-electron chi connectivity index (χ0n) is 22.4. The maximum absolute atomic E-state index is 14.3. The van der Waals surface area contributed by atoms with Gasteiger partial charge in [0.05, 0.1) is 29.1 Å². The molecule has 4 heterocycles. The number of aromatic nitrogens is 5. The van der Waals surface area contributed by atoms with Crippen LogP contribution in [-0.4, -0.2) is 56.1 Å². The van der Waals surface area contributed by atoms with Gasteiger partial charge in [-0.05, 0) is 74.1 Å². The molecule has 0 bridgehead atoms. The average molecular weight is 603 g/mol. The number of aryl methyl sites for hydroxylation is 1. The third kappa shape index (κ3) is 4.71. The number of Topliss-reactive ketones (excluding diaryl/α,β-unsaturated/α-hetero) is 1. The second kappa shape index (κ2) is 10.1. The predicted molar refractivity (Wildman–Crippen MR) is 142 cm³/mol. The van der Waals surface area contributed by atoms with Crippen LogP contribution >= 0.6 is 0 Å². The molecule has 1 saturated heterocycles.